The predicted octanol–water partition coefficient (Wildman–Crippen LogP) is 5.73. The maximum Gasteiger partial charge on any atom is 0.327 e. The van der Waals surface area contributed by atoms with Crippen molar-refractivity contribution in [2.24, 2.45) is 0 Å². The molecule has 3 heteroatoms. The first-order chi connectivity index (χ1) is 9.77. The van der Waals surface area contributed by atoms with Crippen molar-refractivity contribution < 1.29 is 9.90 Å². The molecule has 2 nitrogen and oxygen atoms in total. The van der Waals surface area contributed by atoms with Gasteiger partial charge in [-0.1, -0.05) is 90.0 Å². The molecule has 0 bridgehead atoms. The van der Waals surface area contributed by atoms with Crippen LogP contribution in [0.25, 0.3) is 0 Å². The zero-order valence-corrected chi connectivity index (χ0v) is 17.5. The van der Waals surface area contributed by atoms with Gasteiger partial charge in [-0.3, -0.25) is 0 Å². The van der Waals surface area contributed by atoms with Crippen molar-refractivity contribution >= 4 is 57.4 Å². The van der Waals surface area contributed by atoms with E-state index >= 15 is 0 Å². The van der Waals surface area contributed by atoms with Crippen molar-refractivity contribution in [1.29, 1.82) is 0 Å². The van der Waals surface area contributed by atoms with Crippen LogP contribution < -0.4 is 0 Å². The van der Waals surface area contributed by atoms with E-state index in [4.69, 9.17) is 5.11 Å². The second-order valence-electron chi connectivity index (χ2n) is 5.77. The molecule has 0 aliphatic rings. The zero-order chi connectivity index (χ0) is 14.9. The van der Waals surface area contributed by atoms with Gasteiger partial charge in [0.2, 0.25) is 0 Å². The maximum absolute atomic E-state index is 10.2. The van der Waals surface area contributed by atoms with Crippen LogP contribution in [0.15, 0.2) is 12.2 Å². The van der Waals surface area contributed by atoms with Crippen molar-refractivity contribution in [2.75, 3.05) is 0 Å². The van der Waals surface area contributed by atoms with E-state index in [2.05, 4.69) is 6.92 Å². The van der Waals surface area contributed by atoms with Crippen LogP contribution in [-0.2, 0) is 4.79 Å². The van der Waals surface area contributed by atoms with E-state index in [1.165, 1.54) is 83.1 Å². The van der Waals surface area contributed by atoms with Crippen LogP contribution in [0, 0.1) is 0 Å². The number of carboxylic acid groups (broad SMARTS) is 1. The molecule has 0 aromatic carbocycles. The van der Waals surface area contributed by atoms with Gasteiger partial charge < -0.3 is 5.11 Å². The number of unbranched alkanes of at least 4 members (excludes halogenated alkanes) is 13. The summed E-state index contributed by atoms with van der Waals surface area (Å²) >= 11 is 0. The fraction of sp³-hybridized carbons (Fsp3) is 0.833. The second kappa shape index (κ2) is 20.8. The van der Waals surface area contributed by atoms with E-state index in [1.807, 2.05) is 0 Å². The van der Waals surface area contributed by atoms with Crippen molar-refractivity contribution in [3.63, 3.8) is 0 Å². The van der Waals surface area contributed by atoms with E-state index in [0.29, 0.717) is 0 Å². The molecule has 0 aromatic heterocycles. The first kappa shape index (κ1) is 24.1. The van der Waals surface area contributed by atoms with Gasteiger partial charge >= 0.3 is 5.97 Å². The molecule has 0 atom stereocenters. The molecule has 0 rings (SSSR count). The first-order valence-corrected chi connectivity index (χ1v) is 8.67. The summed E-state index contributed by atoms with van der Waals surface area (Å²) in [5.74, 6) is -0.834. The topological polar surface area (TPSA) is 37.3 Å². The molecule has 119 valence electrons. The standard InChI is InChI=1S/C18H34O2.K/c1-2-3-4-5-6-7-8-9-10-11-12-13-14-15-16-17-18(19)20;/h16-17H,2-15H2,1H3,(H,19,20);. The number of allylic oxidation sites excluding steroid dienone is 1. The number of rotatable bonds is 15. The van der Waals surface area contributed by atoms with Gasteiger partial charge in [0, 0.05) is 57.5 Å². The Morgan fingerprint density at radius 3 is 1.52 bits per heavy atom. The number of aliphatic carboxylic acids is 1. The molecule has 1 N–H and O–H groups in total. The van der Waals surface area contributed by atoms with E-state index < -0.39 is 5.97 Å². The Balaban J connectivity index is 0. The smallest absolute Gasteiger partial charge is 0.327 e. The van der Waals surface area contributed by atoms with Crippen LogP contribution in [0.3, 0.4) is 0 Å². The SMILES string of the molecule is CCCCCCCCCCCCCCCC=CC(=O)O.[K]. The molecule has 0 aliphatic carbocycles. The molecule has 1 radical (unpaired) electrons. The maximum atomic E-state index is 10.2. The van der Waals surface area contributed by atoms with Gasteiger partial charge in [0.25, 0.3) is 0 Å². The molecule has 0 unspecified atom stereocenters. The van der Waals surface area contributed by atoms with Gasteiger partial charge in [0.1, 0.15) is 0 Å². The molecular formula is C18H34KO2. The Morgan fingerprint density at radius 1 is 0.762 bits per heavy atom. The van der Waals surface area contributed by atoms with Crippen LogP contribution in [0.4, 0.5) is 0 Å². The van der Waals surface area contributed by atoms with E-state index in [1.54, 1.807) is 6.08 Å². The number of carbonyl (C=O) groups is 1. The summed E-state index contributed by atoms with van der Waals surface area (Å²) < 4.78 is 0. The predicted molar refractivity (Wildman–Crippen MR) is 92.8 cm³/mol. The molecule has 0 saturated heterocycles. The quantitative estimate of drug-likeness (QED) is 0.238. The number of hydrogen-bond acceptors (Lipinski definition) is 1. The van der Waals surface area contributed by atoms with E-state index in [0.717, 1.165) is 12.8 Å². The Kier molecular flexibility index (Phi) is 23.9. The molecule has 0 spiro atoms. The largest absolute Gasteiger partial charge is 0.478 e. The summed E-state index contributed by atoms with van der Waals surface area (Å²) in [6.07, 6.45) is 21.6. The van der Waals surface area contributed by atoms with Gasteiger partial charge in [0.05, 0.1) is 0 Å². The average molecular weight is 322 g/mol. The average Bonchev–Trinajstić information content (AvgIpc) is 2.43. The minimum absolute atomic E-state index is 0. The molecule has 0 fully saturated rings. The molecule has 0 saturated carbocycles. The zero-order valence-electron chi connectivity index (χ0n) is 14.4. The number of hydrogen-bond donors (Lipinski definition) is 1. The fourth-order valence-corrected chi connectivity index (χ4v) is 2.46. The minimum Gasteiger partial charge on any atom is -0.478 e. The third-order valence-corrected chi connectivity index (χ3v) is 3.73. The summed E-state index contributed by atoms with van der Waals surface area (Å²) in [6.45, 7) is 2.27. The molecular weight excluding hydrogens is 287 g/mol. The van der Waals surface area contributed by atoms with Crippen LogP contribution >= 0.6 is 0 Å². The normalized spacial score (nSPS) is 10.7. The minimum atomic E-state index is -0.834. The van der Waals surface area contributed by atoms with Crippen LogP contribution in [-0.4, -0.2) is 62.5 Å². The Bertz CT molecular complexity index is 239. The molecule has 21 heavy (non-hydrogen) atoms. The summed E-state index contributed by atoms with van der Waals surface area (Å²) in [6, 6.07) is 0. The monoisotopic (exact) mass is 321 g/mol. The van der Waals surface area contributed by atoms with Crippen molar-refractivity contribution in [2.45, 2.75) is 96.8 Å². The van der Waals surface area contributed by atoms with Crippen molar-refractivity contribution in [3.8, 4) is 0 Å². The van der Waals surface area contributed by atoms with E-state index in [9.17, 15) is 4.79 Å². The summed E-state index contributed by atoms with van der Waals surface area (Å²) in [5, 5.41) is 8.43. The summed E-state index contributed by atoms with van der Waals surface area (Å²) in [4.78, 5) is 10.2. The molecule has 0 amide bonds. The van der Waals surface area contributed by atoms with Gasteiger partial charge in [-0.15, -0.1) is 0 Å². The van der Waals surface area contributed by atoms with Gasteiger partial charge in [-0.05, 0) is 12.8 Å². The molecule has 0 aliphatic heterocycles. The molecule has 0 heterocycles. The van der Waals surface area contributed by atoms with Crippen molar-refractivity contribution in [1.82, 2.24) is 0 Å². The van der Waals surface area contributed by atoms with Gasteiger partial charge in [0.15, 0.2) is 0 Å². The van der Waals surface area contributed by atoms with Crippen LogP contribution in [0.5, 0.6) is 0 Å². The Morgan fingerprint density at radius 2 is 1.14 bits per heavy atom. The second-order valence-corrected chi connectivity index (χ2v) is 5.77. The van der Waals surface area contributed by atoms with Crippen molar-refractivity contribution in [3.05, 3.63) is 12.2 Å². The van der Waals surface area contributed by atoms with Crippen LogP contribution in [0.2, 0.25) is 0 Å². The van der Waals surface area contributed by atoms with Gasteiger partial charge in [-0.2, -0.15) is 0 Å². The van der Waals surface area contributed by atoms with Crippen LogP contribution in [0.1, 0.15) is 96.8 Å². The molecule has 0 aromatic rings. The first-order valence-electron chi connectivity index (χ1n) is 8.67. The third kappa shape index (κ3) is 23.2. The van der Waals surface area contributed by atoms with E-state index in [-0.39, 0.29) is 51.4 Å². The number of carboxylic acids is 1. The van der Waals surface area contributed by atoms with Gasteiger partial charge in [-0.25, -0.2) is 4.79 Å². The Hall–Kier alpha value is 0.846. The Labute approximate surface area is 174 Å². The fourth-order valence-electron chi connectivity index (χ4n) is 2.46. The summed E-state index contributed by atoms with van der Waals surface area (Å²) in [7, 11) is 0. The third-order valence-electron chi connectivity index (χ3n) is 3.73. The summed E-state index contributed by atoms with van der Waals surface area (Å²) in [5.41, 5.74) is 0.